The van der Waals surface area contributed by atoms with Crippen molar-refractivity contribution in [2.24, 2.45) is 5.92 Å². The molecule has 2 fully saturated rings. The van der Waals surface area contributed by atoms with Gasteiger partial charge in [0.2, 0.25) is 0 Å². The maximum Gasteiger partial charge on any atom is 0.119 e. The average Bonchev–Trinajstić information content (AvgIpc) is 2.61. The van der Waals surface area contributed by atoms with Gasteiger partial charge in [0, 0.05) is 0 Å². The molecule has 0 aromatic carbocycles. The monoisotopic (exact) mass is 216 g/mol. The fraction of sp³-hybridized carbons (Fsp3) is 1.00. The largest absolute Gasteiger partial charge is 0.317 e. The Balaban J connectivity index is 1.95. The number of thiol groups is 1. The van der Waals surface area contributed by atoms with Gasteiger partial charge >= 0.3 is 0 Å². The summed E-state index contributed by atoms with van der Waals surface area (Å²) in [7, 11) is 0. The molecule has 0 spiro atoms. The minimum absolute atomic E-state index is 0.167. The van der Waals surface area contributed by atoms with Crippen molar-refractivity contribution in [1.29, 1.82) is 0 Å². The molecule has 2 saturated heterocycles. The number of piperidine rings is 1. The molecule has 3 N–H and O–H groups in total. The SMILES string of the molecule is CCN1C(S)NNC1C1CCNCC1. The van der Waals surface area contributed by atoms with Crippen LogP contribution in [0.4, 0.5) is 0 Å². The highest BCUT2D eigenvalue weighted by Crippen LogP contribution is 2.23. The van der Waals surface area contributed by atoms with E-state index >= 15 is 0 Å². The van der Waals surface area contributed by atoms with Crippen molar-refractivity contribution in [2.75, 3.05) is 19.6 Å². The Kier molecular flexibility index (Phi) is 3.67. The highest BCUT2D eigenvalue weighted by molar-refractivity contribution is 7.80. The van der Waals surface area contributed by atoms with Gasteiger partial charge in [0.1, 0.15) is 5.50 Å². The van der Waals surface area contributed by atoms with Crippen molar-refractivity contribution < 1.29 is 0 Å². The molecule has 4 nitrogen and oxygen atoms in total. The first-order valence-corrected chi connectivity index (χ1v) is 6.00. The highest BCUT2D eigenvalue weighted by Gasteiger charge is 2.35. The minimum Gasteiger partial charge on any atom is -0.317 e. The first-order valence-electron chi connectivity index (χ1n) is 5.48. The molecule has 2 aliphatic heterocycles. The number of rotatable bonds is 2. The molecular formula is C9H20N4S. The molecule has 0 aliphatic carbocycles. The van der Waals surface area contributed by atoms with E-state index in [0.717, 1.165) is 25.6 Å². The van der Waals surface area contributed by atoms with Gasteiger partial charge in [0.05, 0.1) is 6.17 Å². The van der Waals surface area contributed by atoms with Crippen molar-refractivity contribution in [3.63, 3.8) is 0 Å². The van der Waals surface area contributed by atoms with Crippen LogP contribution >= 0.6 is 12.6 Å². The average molecular weight is 216 g/mol. The molecule has 0 amide bonds. The molecule has 0 radical (unpaired) electrons. The fourth-order valence-corrected chi connectivity index (χ4v) is 2.78. The summed E-state index contributed by atoms with van der Waals surface area (Å²) < 4.78 is 0. The Morgan fingerprint density at radius 3 is 2.64 bits per heavy atom. The summed E-state index contributed by atoms with van der Waals surface area (Å²) in [5, 5.41) is 3.40. The standard InChI is InChI=1S/C9H20N4S/c1-2-13-8(11-12-9(13)14)7-3-5-10-6-4-7/h7-12,14H,2-6H2,1H3. The van der Waals surface area contributed by atoms with Gasteiger partial charge in [0.25, 0.3) is 0 Å². The summed E-state index contributed by atoms with van der Waals surface area (Å²) in [4.78, 5) is 2.37. The van der Waals surface area contributed by atoms with Crippen LogP contribution in [0.15, 0.2) is 0 Å². The summed E-state index contributed by atoms with van der Waals surface area (Å²) in [6.07, 6.45) is 2.98. The van der Waals surface area contributed by atoms with Crippen LogP contribution in [0.1, 0.15) is 19.8 Å². The van der Waals surface area contributed by atoms with E-state index in [4.69, 9.17) is 0 Å². The van der Waals surface area contributed by atoms with Crippen molar-refractivity contribution in [3.05, 3.63) is 0 Å². The van der Waals surface area contributed by atoms with Crippen LogP contribution in [0.3, 0.4) is 0 Å². The Morgan fingerprint density at radius 1 is 1.29 bits per heavy atom. The summed E-state index contributed by atoms with van der Waals surface area (Å²) >= 11 is 4.48. The fourth-order valence-electron chi connectivity index (χ4n) is 2.40. The molecule has 2 aliphatic rings. The Hall–Kier alpha value is 0.190. The van der Waals surface area contributed by atoms with Crippen LogP contribution in [-0.2, 0) is 0 Å². The molecule has 0 aromatic rings. The van der Waals surface area contributed by atoms with E-state index in [0.29, 0.717) is 6.17 Å². The van der Waals surface area contributed by atoms with Crippen LogP contribution in [0, 0.1) is 5.92 Å². The van der Waals surface area contributed by atoms with Crippen molar-refractivity contribution in [1.82, 2.24) is 21.1 Å². The van der Waals surface area contributed by atoms with Crippen LogP contribution < -0.4 is 16.2 Å². The molecular weight excluding hydrogens is 196 g/mol. The second-order valence-electron chi connectivity index (χ2n) is 4.03. The second kappa shape index (κ2) is 4.81. The maximum absolute atomic E-state index is 4.48. The van der Waals surface area contributed by atoms with E-state index in [1.54, 1.807) is 0 Å². The third-order valence-corrected chi connectivity index (χ3v) is 3.65. The number of hydrogen-bond acceptors (Lipinski definition) is 5. The number of nitrogens with one attached hydrogen (secondary N) is 3. The lowest BCUT2D eigenvalue weighted by Gasteiger charge is -2.33. The van der Waals surface area contributed by atoms with E-state index in [1.807, 2.05) is 0 Å². The van der Waals surface area contributed by atoms with Crippen molar-refractivity contribution in [3.8, 4) is 0 Å². The summed E-state index contributed by atoms with van der Waals surface area (Å²) in [6, 6.07) is 0. The lowest BCUT2D eigenvalue weighted by molar-refractivity contribution is 0.148. The molecule has 0 saturated carbocycles. The second-order valence-corrected chi connectivity index (χ2v) is 4.51. The normalized spacial score (nSPS) is 36.4. The molecule has 0 aromatic heterocycles. The highest BCUT2D eigenvalue weighted by atomic mass is 32.1. The minimum atomic E-state index is 0.167. The van der Waals surface area contributed by atoms with Crippen LogP contribution in [0.25, 0.3) is 0 Å². The third kappa shape index (κ3) is 2.06. The van der Waals surface area contributed by atoms with Crippen LogP contribution in [-0.4, -0.2) is 36.2 Å². The molecule has 2 atom stereocenters. The van der Waals surface area contributed by atoms with Gasteiger partial charge in [-0.2, -0.15) is 0 Å². The molecule has 14 heavy (non-hydrogen) atoms. The molecule has 2 unspecified atom stereocenters. The third-order valence-electron chi connectivity index (χ3n) is 3.23. The van der Waals surface area contributed by atoms with Gasteiger partial charge in [-0.1, -0.05) is 6.92 Å². The van der Waals surface area contributed by atoms with E-state index in [2.05, 4.69) is 40.6 Å². The predicted molar refractivity (Wildman–Crippen MR) is 60.8 cm³/mol. The topological polar surface area (TPSA) is 39.3 Å². The predicted octanol–water partition coefficient (Wildman–Crippen LogP) is -0.0448. The zero-order chi connectivity index (χ0) is 9.97. The Morgan fingerprint density at radius 2 is 2.00 bits per heavy atom. The van der Waals surface area contributed by atoms with E-state index in [-0.39, 0.29) is 5.50 Å². The lowest BCUT2D eigenvalue weighted by Crippen LogP contribution is -2.47. The van der Waals surface area contributed by atoms with E-state index in [1.165, 1.54) is 12.8 Å². The van der Waals surface area contributed by atoms with Gasteiger partial charge in [0.15, 0.2) is 0 Å². The first kappa shape index (κ1) is 10.7. The van der Waals surface area contributed by atoms with Gasteiger partial charge in [-0.25, -0.2) is 10.9 Å². The molecule has 2 rings (SSSR count). The summed E-state index contributed by atoms with van der Waals surface area (Å²) in [6.45, 7) is 5.53. The lowest BCUT2D eigenvalue weighted by atomic mass is 9.94. The van der Waals surface area contributed by atoms with Gasteiger partial charge in [-0.15, -0.1) is 12.6 Å². The Labute approximate surface area is 91.2 Å². The zero-order valence-corrected chi connectivity index (χ0v) is 9.56. The zero-order valence-electron chi connectivity index (χ0n) is 8.66. The molecule has 0 bridgehead atoms. The molecule has 2 heterocycles. The van der Waals surface area contributed by atoms with Gasteiger partial charge in [-0.05, 0) is 38.4 Å². The van der Waals surface area contributed by atoms with Crippen LogP contribution in [0.2, 0.25) is 0 Å². The summed E-state index contributed by atoms with van der Waals surface area (Å²) in [5.74, 6) is 0.751. The Bertz CT molecular complexity index is 184. The van der Waals surface area contributed by atoms with Crippen molar-refractivity contribution in [2.45, 2.75) is 31.4 Å². The number of nitrogens with zero attached hydrogens (tertiary/aromatic N) is 1. The van der Waals surface area contributed by atoms with E-state index < -0.39 is 0 Å². The smallest absolute Gasteiger partial charge is 0.119 e. The molecule has 5 heteroatoms. The van der Waals surface area contributed by atoms with Gasteiger partial charge in [-0.3, -0.25) is 4.90 Å². The number of hydrogen-bond donors (Lipinski definition) is 4. The molecule has 82 valence electrons. The van der Waals surface area contributed by atoms with Crippen LogP contribution in [0.5, 0.6) is 0 Å². The number of hydrazine groups is 1. The van der Waals surface area contributed by atoms with Crippen molar-refractivity contribution >= 4 is 12.6 Å². The quantitative estimate of drug-likeness (QED) is 0.489. The van der Waals surface area contributed by atoms with Gasteiger partial charge < -0.3 is 5.32 Å². The maximum atomic E-state index is 4.48. The van der Waals surface area contributed by atoms with E-state index in [9.17, 15) is 0 Å². The summed E-state index contributed by atoms with van der Waals surface area (Å²) in [5.41, 5.74) is 6.70. The first-order chi connectivity index (χ1) is 6.83.